The molecule has 5 rings (SSSR count). The van der Waals surface area contributed by atoms with Gasteiger partial charge in [-0.05, 0) is 48.0 Å². The van der Waals surface area contributed by atoms with Crippen LogP contribution in [0.2, 0.25) is 0 Å². The van der Waals surface area contributed by atoms with Gasteiger partial charge in [-0.15, -0.1) is 0 Å². The Morgan fingerprint density at radius 2 is 1.53 bits per heavy atom. The molecule has 2 amide bonds. The molecule has 170 valence electrons. The Morgan fingerprint density at radius 1 is 0.853 bits per heavy atom. The van der Waals surface area contributed by atoms with Gasteiger partial charge in [-0.25, -0.2) is 0 Å². The maximum atomic E-state index is 13.7. The summed E-state index contributed by atoms with van der Waals surface area (Å²) in [5.41, 5.74) is 4.13. The summed E-state index contributed by atoms with van der Waals surface area (Å²) in [6.45, 7) is 3.33. The molecule has 0 spiro atoms. The number of thioether (sulfide) groups is 1. The summed E-state index contributed by atoms with van der Waals surface area (Å²) in [6, 6.07) is 25.5. The molecule has 0 N–H and O–H groups in total. The van der Waals surface area contributed by atoms with Crippen molar-refractivity contribution in [2.75, 3.05) is 11.4 Å². The summed E-state index contributed by atoms with van der Waals surface area (Å²) in [6.07, 6.45) is 0. The van der Waals surface area contributed by atoms with Gasteiger partial charge in [-0.2, -0.15) is 0 Å². The zero-order valence-electron chi connectivity index (χ0n) is 18.6. The second-order valence-electron chi connectivity index (χ2n) is 7.98. The number of benzene rings is 3. The van der Waals surface area contributed by atoms with E-state index in [-0.39, 0.29) is 11.8 Å². The molecule has 0 unspecified atom stereocenters. The third kappa shape index (κ3) is 4.21. The van der Waals surface area contributed by atoms with Gasteiger partial charge in [0.1, 0.15) is 0 Å². The number of carbonyl (C=O) groups excluding carboxylic acids is 2. The first-order valence-electron chi connectivity index (χ1n) is 11.0. The van der Waals surface area contributed by atoms with E-state index >= 15 is 0 Å². The lowest BCUT2D eigenvalue weighted by Crippen LogP contribution is -2.30. The highest BCUT2D eigenvalue weighted by Crippen LogP contribution is 2.45. The predicted octanol–water partition coefficient (Wildman–Crippen LogP) is 5.86. The summed E-state index contributed by atoms with van der Waals surface area (Å²) in [7, 11) is 0. The van der Waals surface area contributed by atoms with E-state index in [1.54, 1.807) is 9.80 Å². The predicted molar refractivity (Wildman–Crippen MR) is 141 cm³/mol. The Hall–Kier alpha value is -3.16. The normalized spacial score (nSPS) is 18.8. The number of halogens is 1. The van der Waals surface area contributed by atoms with Gasteiger partial charge in [0.2, 0.25) is 0 Å². The number of likely N-dealkylation sites (N-methyl/N-ethyl adjacent to an activating group) is 1. The van der Waals surface area contributed by atoms with E-state index in [1.807, 2.05) is 85.8 Å². The zero-order valence-corrected chi connectivity index (χ0v) is 21.0. The second-order valence-corrected chi connectivity index (χ2v) is 9.87. The molecule has 2 aliphatic heterocycles. The number of amidine groups is 1. The van der Waals surface area contributed by atoms with Crippen LogP contribution in [0.4, 0.5) is 5.69 Å². The molecule has 7 heteroatoms. The molecule has 0 aliphatic carbocycles. The average Bonchev–Trinajstić information content (AvgIpc) is 3.30. The van der Waals surface area contributed by atoms with Crippen LogP contribution in [-0.4, -0.2) is 28.4 Å². The van der Waals surface area contributed by atoms with Gasteiger partial charge in [-0.3, -0.25) is 19.5 Å². The lowest BCUT2D eigenvalue weighted by Gasteiger charge is -2.16. The molecule has 0 saturated carbocycles. The molecule has 3 aromatic rings. The number of amides is 2. The minimum absolute atomic E-state index is 0.143. The molecule has 34 heavy (non-hydrogen) atoms. The lowest BCUT2D eigenvalue weighted by atomic mass is 10.1. The molecule has 0 bridgehead atoms. The third-order valence-corrected chi connectivity index (χ3v) is 7.42. The van der Waals surface area contributed by atoms with Gasteiger partial charge in [0.15, 0.2) is 5.17 Å². The number of carbonyl (C=O) groups is 2. The summed E-state index contributed by atoms with van der Waals surface area (Å²) < 4.78 is 0.865. The zero-order chi connectivity index (χ0) is 23.7. The highest BCUT2D eigenvalue weighted by molar-refractivity contribution is 9.10. The third-order valence-electron chi connectivity index (χ3n) is 5.81. The van der Waals surface area contributed by atoms with Crippen molar-refractivity contribution in [3.63, 3.8) is 0 Å². The van der Waals surface area contributed by atoms with E-state index in [2.05, 4.69) is 15.9 Å². The molecule has 2 aliphatic rings. The summed E-state index contributed by atoms with van der Waals surface area (Å²) in [5, 5.41) is 0.611. The Bertz CT molecular complexity index is 1320. The van der Waals surface area contributed by atoms with Crippen molar-refractivity contribution in [1.29, 1.82) is 0 Å². The smallest absolute Gasteiger partial charge is 0.267 e. The van der Waals surface area contributed by atoms with Gasteiger partial charge >= 0.3 is 0 Å². The van der Waals surface area contributed by atoms with Gasteiger partial charge in [0, 0.05) is 16.6 Å². The summed E-state index contributed by atoms with van der Waals surface area (Å²) >= 11 is 4.81. The minimum Gasteiger partial charge on any atom is -0.308 e. The molecule has 3 aromatic carbocycles. The largest absolute Gasteiger partial charge is 0.308 e. The standard InChI is InChI=1S/C27H22BrN3O2S/c1-2-30-22-14-13-20(28)15-21(22)23(25(30)32)24-26(33)31(17-19-11-7-4-8-12-19)27(34-24)29-16-18-9-5-3-6-10-18/h3-15H,2,16-17H2,1H3/b24-23+,29-27?. The fourth-order valence-electron chi connectivity index (χ4n) is 4.16. The first kappa shape index (κ1) is 22.6. The van der Waals surface area contributed by atoms with E-state index in [0.717, 1.165) is 26.9 Å². The SMILES string of the molecule is CCN1C(=O)/C(=C2/SC(=NCc3ccccc3)N(Cc3ccccc3)C2=O)c2cc(Br)ccc21. The van der Waals surface area contributed by atoms with Crippen molar-refractivity contribution < 1.29 is 9.59 Å². The van der Waals surface area contributed by atoms with Gasteiger partial charge < -0.3 is 4.90 Å². The highest BCUT2D eigenvalue weighted by Gasteiger charge is 2.42. The van der Waals surface area contributed by atoms with Crippen molar-refractivity contribution in [2.24, 2.45) is 4.99 Å². The number of aliphatic imine (C=N–C) groups is 1. The molecule has 0 aromatic heterocycles. The first-order valence-corrected chi connectivity index (χ1v) is 12.7. The minimum atomic E-state index is -0.187. The first-order chi connectivity index (χ1) is 16.6. The molecule has 0 radical (unpaired) electrons. The van der Waals surface area contributed by atoms with Crippen LogP contribution in [0.5, 0.6) is 0 Å². The Morgan fingerprint density at radius 3 is 2.21 bits per heavy atom. The van der Waals surface area contributed by atoms with Gasteiger partial charge in [0.05, 0.1) is 29.3 Å². The molecule has 1 fully saturated rings. The number of anilines is 1. The van der Waals surface area contributed by atoms with Crippen LogP contribution >= 0.6 is 27.7 Å². The molecule has 5 nitrogen and oxygen atoms in total. The van der Waals surface area contributed by atoms with Crippen molar-refractivity contribution in [1.82, 2.24) is 4.90 Å². The van der Waals surface area contributed by atoms with Crippen LogP contribution in [0, 0.1) is 0 Å². The van der Waals surface area contributed by atoms with Crippen molar-refractivity contribution in [3.8, 4) is 0 Å². The number of fused-ring (bicyclic) bond motifs is 1. The van der Waals surface area contributed by atoms with Crippen LogP contribution in [0.3, 0.4) is 0 Å². The lowest BCUT2D eigenvalue weighted by molar-refractivity contribution is -0.123. The summed E-state index contributed by atoms with van der Waals surface area (Å²) in [4.78, 5) is 35.8. The van der Waals surface area contributed by atoms with E-state index in [9.17, 15) is 9.59 Å². The van der Waals surface area contributed by atoms with Crippen molar-refractivity contribution >= 4 is 55.9 Å². The van der Waals surface area contributed by atoms with Crippen LogP contribution in [0.15, 0.2) is 93.2 Å². The topological polar surface area (TPSA) is 53.0 Å². The number of nitrogens with zero attached hydrogens (tertiary/aromatic N) is 3. The number of hydrogen-bond acceptors (Lipinski definition) is 4. The Kier molecular flexibility index (Phi) is 6.39. The van der Waals surface area contributed by atoms with Crippen molar-refractivity contribution in [2.45, 2.75) is 20.0 Å². The molecular formula is C27H22BrN3O2S. The fraction of sp³-hybridized carbons (Fsp3) is 0.148. The van der Waals surface area contributed by atoms with E-state index in [4.69, 9.17) is 4.99 Å². The van der Waals surface area contributed by atoms with Crippen LogP contribution in [0.1, 0.15) is 23.6 Å². The average molecular weight is 532 g/mol. The monoisotopic (exact) mass is 531 g/mol. The molecule has 2 heterocycles. The maximum absolute atomic E-state index is 13.7. The van der Waals surface area contributed by atoms with Crippen LogP contribution in [0.25, 0.3) is 5.57 Å². The maximum Gasteiger partial charge on any atom is 0.267 e. The molecular weight excluding hydrogens is 510 g/mol. The second kappa shape index (κ2) is 9.60. The Labute approximate surface area is 211 Å². The van der Waals surface area contributed by atoms with Gasteiger partial charge in [0.25, 0.3) is 11.8 Å². The Balaban J connectivity index is 1.59. The molecule has 1 saturated heterocycles. The summed E-state index contributed by atoms with van der Waals surface area (Å²) in [5.74, 6) is -0.330. The quantitative estimate of drug-likeness (QED) is 0.387. The number of hydrogen-bond donors (Lipinski definition) is 0. The number of rotatable bonds is 5. The highest BCUT2D eigenvalue weighted by atomic mass is 79.9. The van der Waals surface area contributed by atoms with Crippen LogP contribution < -0.4 is 4.90 Å². The van der Waals surface area contributed by atoms with E-state index in [1.165, 1.54) is 11.8 Å². The van der Waals surface area contributed by atoms with E-state index in [0.29, 0.717) is 35.3 Å². The van der Waals surface area contributed by atoms with Crippen molar-refractivity contribution in [3.05, 3.63) is 105 Å². The fourth-order valence-corrected chi connectivity index (χ4v) is 5.59. The van der Waals surface area contributed by atoms with Crippen LogP contribution in [-0.2, 0) is 22.7 Å². The molecule has 0 atom stereocenters. The van der Waals surface area contributed by atoms with Gasteiger partial charge in [-0.1, -0.05) is 76.6 Å². The van der Waals surface area contributed by atoms with E-state index < -0.39 is 0 Å².